The van der Waals surface area contributed by atoms with Gasteiger partial charge in [0.15, 0.2) is 5.78 Å². The first-order valence-electron chi connectivity index (χ1n) is 3.71. The summed E-state index contributed by atoms with van der Waals surface area (Å²) in [5.41, 5.74) is 0.551. The molecule has 0 aromatic heterocycles. The quantitative estimate of drug-likeness (QED) is 0.363. The number of rotatable bonds is 4. The summed E-state index contributed by atoms with van der Waals surface area (Å²) in [6.07, 6.45) is 5.03. The molecule has 0 aromatic rings. The fourth-order valence-electron chi connectivity index (χ4n) is 0.843. The summed E-state index contributed by atoms with van der Waals surface area (Å²) in [6.45, 7) is 6.89. The maximum atomic E-state index is 11.1. The lowest BCUT2D eigenvalue weighted by atomic mass is 10.1. The van der Waals surface area contributed by atoms with Crippen LogP contribution in [-0.4, -0.2) is 12.9 Å². The predicted octanol–water partition coefficient (Wildman–Crippen LogP) is 2.24. The number of allylic oxidation sites excluding steroid dienone is 4. The van der Waals surface area contributed by atoms with E-state index < -0.39 is 0 Å². The Bertz CT molecular complexity index is 234. The summed E-state index contributed by atoms with van der Waals surface area (Å²) < 4.78 is 4.96. The van der Waals surface area contributed by atoms with Gasteiger partial charge in [0, 0.05) is 0 Å². The Balaban J connectivity index is 5.02. The Morgan fingerprint density at radius 2 is 2.08 bits per heavy atom. The molecule has 12 heavy (non-hydrogen) atoms. The molecule has 0 aliphatic heterocycles. The molecule has 0 saturated heterocycles. The highest BCUT2D eigenvalue weighted by atomic mass is 16.5. The van der Waals surface area contributed by atoms with Crippen LogP contribution in [0.4, 0.5) is 0 Å². The molecule has 0 fully saturated rings. The number of carbonyl (C=O) groups excluding carboxylic acids is 1. The van der Waals surface area contributed by atoms with Crippen molar-refractivity contribution in [3.63, 3.8) is 0 Å². The topological polar surface area (TPSA) is 26.3 Å². The molecule has 2 nitrogen and oxygen atoms in total. The van der Waals surface area contributed by atoms with Gasteiger partial charge in [-0.2, -0.15) is 0 Å². The Morgan fingerprint density at radius 1 is 1.50 bits per heavy atom. The SMILES string of the molecule is C=C/C(OC)=C(\C=C/C)C(C)=O. The number of Topliss-reactive ketones (excluding diaryl/α,β-unsaturated/α-hetero) is 1. The maximum absolute atomic E-state index is 11.1. The van der Waals surface area contributed by atoms with E-state index in [2.05, 4.69) is 6.58 Å². The summed E-state index contributed by atoms with van der Waals surface area (Å²) in [5.74, 6) is 0.491. The Kier molecular flexibility index (Phi) is 4.77. The molecule has 0 N–H and O–H groups in total. The van der Waals surface area contributed by atoms with Gasteiger partial charge < -0.3 is 4.74 Å². The minimum absolute atomic E-state index is 0.0233. The minimum Gasteiger partial charge on any atom is -0.496 e. The Hall–Kier alpha value is -1.31. The summed E-state index contributed by atoms with van der Waals surface area (Å²) in [6, 6.07) is 0. The van der Waals surface area contributed by atoms with Gasteiger partial charge in [-0.05, 0) is 19.9 Å². The zero-order chi connectivity index (χ0) is 9.56. The van der Waals surface area contributed by atoms with E-state index in [-0.39, 0.29) is 5.78 Å². The molecular formula is C10H14O2. The molecule has 0 amide bonds. The van der Waals surface area contributed by atoms with Gasteiger partial charge in [-0.1, -0.05) is 18.7 Å². The third-order valence-electron chi connectivity index (χ3n) is 1.38. The van der Waals surface area contributed by atoms with Gasteiger partial charge in [0.05, 0.1) is 12.7 Å². The smallest absolute Gasteiger partial charge is 0.163 e. The van der Waals surface area contributed by atoms with Gasteiger partial charge in [-0.15, -0.1) is 0 Å². The molecule has 0 atom stereocenters. The molecule has 0 saturated carbocycles. The second kappa shape index (κ2) is 5.35. The minimum atomic E-state index is -0.0233. The highest BCUT2D eigenvalue weighted by Crippen LogP contribution is 2.09. The van der Waals surface area contributed by atoms with Crippen molar-refractivity contribution in [2.75, 3.05) is 7.11 Å². The first-order valence-corrected chi connectivity index (χ1v) is 3.71. The van der Waals surface area contributed by atoms with Gasteiger partial charge >= 0.3 is 0 Å². The van der Waals surface area contributed by atoms with Crippen LogP contribution < -0.4 is 0 Å². The van der Waals surface area contributed by atoms with E-state index in [1.54, 1.807) is 12.2 Å². The molecule has 0 radical (unpaired) electrons. The molecule has 0 aromatic carbocycles. The largest absolute Gasteiger partial charge is 0.496 e. The van der Waals surface area contributed by atoms with Crippen LogP contribution in [-0.2, 0) is 9.53 Å². The fraction of sp³-hybridized carbons (Fsp3) is 0.300. The lowest BCUT2D eigenvalue weighted by molar-refractivity contribution is -0.113. The van der Waals surface area contributed by atoms with Crippen molar-refractivity contribution in [1.29, 1.82) is 0 Å². The van der Waals surface area contributed by atoms with E-state index in [9.17, 15) is 4.79 Å². The molecule has 0 bridgehead atoms. The zero-order valence-corrected chi connectivity index (χ0v) is 7.76. The van der Waals surface area contributed by atoms with E-state index in [0.29, 0.717) is 11.3 Å². The average Bonchev–Trinajstić information content (AvgIpc) is 2.05. The Labute approximate surface area is 73.2 Å². The van der Waals surface area contributed by atoms with Crippen molar-refractivity contribution in [3.8, 4) is 0 Å². The highest BCUT2D eigenvalue weighted by molar-refractivity contribution is 5.96. The molecule has 0 aliphatic rings. The normalized spacial score (nSPS) is 12.6. The van der Waals surface area contributed by atoms with E-state index in [4.69, 9.17) is 4.74 Å². The van der Waals surface area contributed by atoms with E-state index in [1.807, 2.05) is 6.92 Å². The lowest BCUT2D eigenvalue weighted by Gasteiger charge is -2.03. The van der Waals surface area contributed by atoms with E-state index in [1.165, 1.54) is 20.1 Å². The summed E-state index contributed by atoms with van der Waals surface area (Å²) >= 11 is 0. The molecule has 0 unspecified atom stereocenters. The molecular weight excluding hydrogens is 152 g/mol. The summed E-state index contributed by atoms with van der Waals surface area (Å²) in [4.78, 5) is 11.1. The number of carbonyl (C=O) groups is 1. The number of hydrogen-bond donors (Lipinski definition) is 0. The van der Waals surface area contributed by atoms with E-state index >= 15 is 0 Å². The molecule has 2 heteroatoms. The van der Waals surface area contributed by atoms with E-state index in [0.717, 1.165) is 0 Å². The van der Waals surface area contributed by atoms with Gasteiger partial charge in [-0.3, -0.25) is 4.79 Å². The van der Waals surface area contributed by atoms with Crippen LogP contribution in [0.2, 0.25) is 0 Å². The zero-order valence-electron chi connectivity index (χ0n) is 7.76. The second-order valence-corrected chi connectivity index (χ2v) is 2.24. The van der Waals surface area contributed by atoms with Crippen LogP contribution >= 0.6 is 0 Å². The molecule has 0 heterocycles. The number of hydrogen-bond acceptors (Lipinski definition) is 2. The predicted molar refractivity (Wildman–Crippen MR) is 49.7 cm³/mol. The van der Waals surface area contributed by atoms with Gasteiger partial charge in [0.25, 0.3) is 0 Å². The third kappa shape index (κ3) is 2.74. The van der Waals surface area contributed by atoms with Crippen molar-refractivity contribution in [2.24, 2.45) is 0 Å². The van der Waals surface area contributed by atoms with Crippen LogP contribution in [0.15, 0.2) is 36.1 Å². The van der Waals surface area contributed by atoms with Crippen LogP contribution in [0.25, 0.3) is 0 Å². The first kappa shape index (κ1) is 10.7. The van der Waals surface area contributed by atoms with Gasteiger partial charge in [0.2, 0.25) is 0 Å². The number of ketones is 1. The maximum Gasteiger partial charge on any atom is 0.163 e. The number of ether oxygens (including phenoxy) is 1. The van der Waals surface area contributed by atoms with Crippen molar-refractivity contribution < 1.29 is 9.53 Å². The van der Waals surface area contributed by atoms with Crippen molar-refractivity contribution in [3.05, 3.63) is 36.1 Å². The summed E-state index contributed by atoms with van der Waals surface area (Å²) in [5, 5.41) is 0. The first-order chi connectivity index (χ1) is 5.67. The van der Waals surface area contributed by atoms with Gasteiger partial charge in [0.1, 0.15) is 5.76 Å². The standard InChI is InChI=1S/C10H14O2/c1-5-7-9(8(3)11)10(6-2)12-4/h5-7H,2H2,1,3-4H3/b7-5-,10-9-. The molecule has 66 valence electrons. The molecule has 0 spiro atoms. The average molecular weight is 166 g/mol. The Morgan fingerprint density at radius 3 is 2.33 bits per heavy atom. The lowest BCUT2D eigenvalue weighted by Crippen LogP contribution is -1.99. The highest BCUT2D eigenvalue weighted by Gasteiger charge is 2.05. The molecule has 0 rings (SSSR count). The van der Waals surface area contributed by atoms with Crippen LogP contribution in [0.1, 0.15) is 13.8 Å². The number of methoxy groups -OCH3 is 1. The van der Waals surface area contributed by atoms with Crippen LogP contribution in [0, 0.1) is 0 Å². The van der Waals surface area contributed by atoms with Crippen LogP contribution in [0.3, 0.4) is 0 Å². The summed E-state index contributed by atoms with van der Waals surface area (Å²) in [7, 11) is 1.52. The third-order valence-corrected chi connectivity index (χ3v) is 1.38. The van der Waals surface area contributed by atoms with Crippen molar-refractivity contribution >= 4 is 5.78 Å². The van der Waals surface area contributed by atoms with Gasteiger partial charge in [-0.25, -0.2) is 0 Å². The van der Waals surface area contributed by atoms with Crippen molar-refractivity contribution in [2.45, 2.75) is 13.8 Å². The van der Waals surface area contributed by atoms with Crippen LogP contribution in [0.5, 0.6) is 0 Å². The fourth-order valence-corrected chi connectivity index (χ4v) is 0.843. The van der Waals surface area contributed by atoms with Crippen molar-refractivity contribution in [1.82, 2.24) is 0 Å². The monoisotopic (exact) mass is 166 g/mol. The second-order valence-electron chi connectivity index (χ2n) is 2.24. The molecule has 0 aliphatic carbocycles.